The van der Waals surface area contributed by atoms with Crippen LogP contribution in [0.2, 0.25) is 0 Å². The largest absolute Gasteiger partial charge is 0.214 e. The van der Waals surface area contributed by atoms with E-state index in [1.165, 1.54) is 0 Å². The lowest BCUT2D eigenvalue weighted by Crippen LogP contribution is -0.991. The molecule has 28 valence electrons. The first-order chi connectivity index (χ1) is 2.00. The number of thiol groups is 2. The highest BCUT2D eigenvalue weighted by atomic mass is 32.3. The van der Waals surface area contributed by atoms with Crippen LogP contribution >= 0.6 is 24.2 Å². The van der Waals surface area contributed by atoms with E-state index in [4.69, 9.17) is 0 Å². The summed E-state index contributed by atoms with van der Waals surface area (Å²) in [6.07, 6.45) is 0. The van der Waals surface area contributed by atoms with Crippen molar-refractivity contribution in [2.24, 2.45) is 0 Å². The Hall–Kier alpha value is 1.13. The molecule has 0 aliphatic heterocycles. The van der Waals surface area contributed by atoms with Crippen LogP contribution in [0.1, 0.15) is 0 Å². The molecule has 0 saturated heterocycles. The van der Waals surface area contributed by atoms with Gasteiger partial charge in [0.15, 0.2) is 0 Å². The van der Waals surface area contributed by atoms with Crippen molar-refractivity contribution in [3.05, 3.63) is 0 Å². The summed E-state index contributed by atoms with van der Waals surface area (Å²) < 4.78 is 0. The zero-order chi connectivity index (χ0) is 4.00. The van der Waals surface area contributed by atoms with Crippen LogP contribution in [0.3, 0.4) is 0 Å². The van der Waals surface area contributed by atoms with Gasteiger partial charge in [0.05, 0.1) is 18.8 Å². The van der Waals surface area contributed by atoms with Gasteiger partial charge >= 0.3 is 0 Å². The summed E-state index contributed by atoms with van der Waals surface area (Å²) in [5.74, 6) is 0. The predicted octanol–water partition coefficient (Wildman–Crippen LogP) is -1.61. The first kappa shape index (κ1) is 8.93. The van der Waals surface area contributed by atoms with Crippen molar-refractivity contribution in [1.29, 1.82) is 0 Å². The van der Waals surface area contributed by atoms with Crippen molar-refractivity contribution in [3.8, 4) is 0 Å². The van der Waals surface area contributed by atoms with Gasteiger partial charge in [-0.3, -0.25) is 0 Å². The van der Waals surface area contributed by atoms with Crippen LogP contribution in [0.25, 0.3) is 0 Å². The highest BCUT2D eigenvalue weighted by molar-refractivity contribution is 8.03. The fraction of sp³-hybridized carbons (Fsp3) is 0. The highest BCUT2D eigenvalue weighted by Crippen LogP contribution is 1.26. The minimum absolute atomic E-state index is 1.00. The Kier molecular flexibility index (Phi) is 70.5. The average Bonchev–Trinajstić information content (AvgIpc) is 1.50. The molecule has 0 unspecified atom stereocenters. The Morgan fingerprint density at radius 3 is 0.750 bits per heavy atom. The predicted molar refractivity (Wildman–Crippen MR) is 37.9 cm³/mol. The van der Waals surface area contributed by atoms with Gasteiger partial charge in [-0.15, -0.1) is 0 Å². The van der Waals surface area contributed by atoms with Gasteiger partial charge in [0.1, 0.15) is 0 Å². The molecule has 0 amide bonds. The number of hydrogen-bond donors (Lipinski definition) is 2. The quantitative estimate of drug-likeness (QED) is 0.285. The molecule has 4 heteroatoms. The summed E-state index contributed by atoms with van der Waals surface area (Å²) in [5.41, 5.74) is 0. The van der Waals surface area contributed by atoms with Gasteiger partial charge in [-0.2, -0.15) is 0 Å². The maximum absolute atomic E-state index is 3.67. The van der Waals surface area contributed by atoms with Crippen molar-refractivity contribution in [2.75, 3.05) is 0 Å². The lowest BCUT2D eigenvalue weighted by Gasteiger charge is -1.08. The van der Waals surface area contributed by atoms with Gasteiger partial charge in [-0.1, -0.05) is 0 Å². The van der Waals surface area contributed by atoms with Crippen LogP contribution in [0, 0.1) is 0 Å². The van der Waals surface area contributed by atoms with E-state index >= 15 is 0 Å². The maximum Gasteiger partial charge on any atom is 0.0652 e. The van der Waals surface area contributed by atoms with Crippen LogP contribution in [0.4, 0.5) is 0 Å². The van der Waals surface area contributed by atoms with E-state index in [-0.39, 0.29) is 0 Å². The minimum atomic E-state index is 1.00. The molecule has 0 rings (SSSR count). The van der Waals surface area contributed by atoms with Crippen molar-refractivity contribution in [1.82, 2.24) is 0 Å². The molecule has 0 saturated carbocycles. The molecule has 0 fully saturated rings. The van der Waals surface area contributed by atoms with E-state index in [2.05, 4.69) is 24.2 Å². The van der Waals surface area contributed by atoms with Crippen molar-refractivity contribution >= 4 is 42.9 Å². The van der Waals surface area contributed by atoms with Crippen LogP contribution in [-0.2, 0) is 0 Å². The molecule has 0 aromatic carbocycles. The van der Waals surface area contributed by atoms with Gasteiger partial charge in [0.2, 0.25) is 0 Å². The molecular formula is H8S2Si2. The first-order valence-electron chi connectivity index (χ1n) is 0.894. The molecular weight excluding hydrogens is 120 g/mol. The Morgan fingerprint density at radius 2 is 0.750 bits per heavy atom. The third-order valence-corrected chi connectivity index (χ3v) is 0. The molecule has 0 spiro atoms. The Labute approximate surface area is 43.3 Å². The Bertz CT molecular complexity index is 4.00. The van der Waals surface area contributed by atoms with E-state index < -0.39 is 0 Å². The summed E-state index contributed by atoms with van der Waals surface area (Å²) in [4.78, 5) is 0. The van der Waals surface area contributed by atoms with Gasteiger partial charge in [0, 0.05) is 0 Å². The standard InChI is InChI=1S/2H4SSi/c2*1-2/h2*1H,2H3. The van der Waals surface area contributed by atoms with E-state index in [1.807, 2.05) is 0 Å². The third-order valence-electron chi connectivity index (χ3n) is 0. The minimum Gasteiger partial charge on any atom is -0.214 e. The molecule has 4 heavy (non-hydrogen) atoms. The van der Waals surface area contributed by atoms with Crippen LogP contribution in [0.5, 0.6) is 0 Å². The van der Waals surface area contributed by atoms with Crippen molar-refractivity contribution < 1.29 is 0 Å². The average molecular weight is 128 g/mol. The summed E-state index contributed by atoms with van der Waals surface area (Å²) in [6, 6.07) is 0. The number of hydrogen-bond acceptors (Lipinski definition) is 2. The molecule has 0 atom stereocenters. The summed E-state index contributed by atoms with van der Waals surface area (Å²) >= 11 is 7.33. The monoisotopic (exact) mass is 128 g/mol. The van der Waals surface area contributed by atoms with Gasteiger partial charge < -0.3 is 0 Å². The highest BCUT2D eigenvalue weighted by Gasteiger charge is 0.937. The van der Waals surface area contributed by atoms with Gasteiger partial charge in [-0.05, 0) is 0 Å². The molecule has 0 aliphatic carbocycles. The maximum atomic E-state index is 3.67. The van der Waals surface area contributed by atoms with E-state index in [0.717, 1.165) is 18.8 Å². The zero-order valence-electron chi connectivity index (χ0n) is 2.89. The van der Waals surface area contributed by atoms with Crippen molar-refractivity contribution in [3.63, 3.8) is 0 Å². The zero-order valence-corrected chi connectivity index (χ0v) is 8.68. The van der Waals surface area contributed by atoms with E-state index in [0.29, 0.717) is 0 Å². The fourth-order valence-electron chi connectivity index (χ4n) is 0. The third kappa shape index (κ3) is 11.1. The molecule has 0 aromatic heterocycles. The van der Waals surface area contributed by atoms with Gasteiger partial charge in [-0.25, -0.2) is 24.2 Å². The molecule has 0 bridgehead atoms. The Balaban J connectivity index is 0. The topological polar surface area (TPSA) is 0 Å². The smallest absolute Gasteiger partial charge is 0.0652 e. The van der Waals surface area contributed by atoms with E-state index in [9.17, 15) is 0 Å². The summed E-state index contributed by atoms with van der Waals surface area (Å²) in [6.45, 7) is 0. The fourth-order valence-corrected chi connectivity index (χ4v) is 0. The van der Waals surface area contributed by atoms with Crippen LogP contribution < -0.4 is 0 Å². The second kappa shape index (κ2) is 31.6. The summed E-state index contributed by atoms with van der Waals surface area (Å²) in [7, 11) is 2.00. The molecule has 0 aliphatic rings. The lowest BCUT2D eigenvalue weighted by atomic mass is 27.8. The van der Waals surface area contributed by atoms with Crippen molar-refractivity contribution in [2.45, 2.75) is 0 Å². The second-order valence-electron chi connectivity index (χ2n) is 0. The molecule has 0 radical (unpaired) electrons. The SMILES string of the molecule is [SiH3]S.[SiH3]S. The van der Waals surface area contributed by atoms with Gasteiger partial charge in [0.25, 0.3) is 0 Å². The van der Waals surface area contributed by atoms with Crippen LogP contribution in [-0.4, -0.2) is 18.8 Å². The summed E-state index contributed by atoms with van der Waals surface area (Å²) in [5, 5.41) is 0. The first-order valence-corrected chi connectivity index (χ1v) is 8.05. The lowest BCUT2D eigenvalue weighted by molar-refractivity contribution is 5.31. The van der Waals surface area contributed by atoms with E-state index in [1.54, 1.807) is 0 Å². The molecule has 0 aromatic rings. The second-order valence-corrected chi connectivity index (χ2v) is 0. The molecule has 0 nitrogen and oxygen atoms in total. The molecule has 0 heterocycles. The van der Waals surface area contributed by atoms with Crippen LogP contribution in [0.15, 0.2) is 0 Å². The molecule has 0 N–H and O–H groups in total. The normalized spacial score (nSPS) is 4.50. The number of rotatable bonds is 0. The Morgan fingerprint density at radius 1 is 0.750 bits per heavy atom.